The Hall–Kier alpha value is -0.930. The zero-order chi connectivity index (χ0) is 11.4. The lowest BCUT2D eigenvalue weighted by atomic mass is 9.89. The van der Waals surface area contributed by atoms with Crippen LogP contribution in [0.1, 0.15) is 36.6 Å². The van der Waals surface area contributed by atoms with Crippen molar-refractivity contribution < 1.29 is 4.74 Å². The fourth-order valence-corrected chi connectivity index (χ4v) is 2.36. The summed E-state index contributed by atoms with van der Waals surface area (Å²) >= 11 is 0. The van der Waals surface area contributed by atoms with Crippen LogP contribution in [0.15, 0.2) is 18.3 Å². The highest BCUT2D eigenvalue weighted by molar-refractivity contribution is 5.22. The summed E-state index contributed by atoms with van der Waals surface area (Å²) in [6.45, 7) is 3.81. The molecule has 0 saturated carbocycles. The molecule has 0 aliphatic carbocycles. The molecular weight excluding hydrogens is 200 g/mol. The number of hydrogen-bond acceptors (Lipinski definition) is 3. The molecule has 1 aromatic rings. The van der Waals surface area contributed by atoms with Gasteiger partial charge in [-0.05, 0) is 43.7 Å². The lowest BCUT2D eigenvalue weighted by molar-refractivity contribution is 0.0618. The van der Waals surface area contributed by atoms with Gasteiger partial charge in [-0.1, -0.05) is 6.07 Å². The molecule has 1 unspecified atom stereocenters. The van der Waals surface area contributed by atoms with Crippen molar-refractivity contribution in [2.75, 3.05) is 13.2 Å². The van der Waals surface area contributed by atoms with E-state index in [9.17, 15) is 0 Å². The fraction of sp³-hybridized carbons (Fsp3) is 0.615. The number of hydrogen-bond donors (Lipinski definition) is 1. The second-order valence-electron chi connectivity index (χ2n) is 4.58. The largest absolute Gasteiger partial charge is 0.381 e. The van der Waals surface area contributed by atoms with Gasteiger partial charge in [0.05, 0.1) is 0 Å². The van der Waals surface area contributed by atoms with Crippen molar-refractivity contribution in [3.05, 3.63) is 29.6 Å². The molecule has 2 heterocycles. The van der Waals surface area contributed by atoms with Gasteiger partial charge in [-0.2, -0.15) is 0 Å². The van der Waals surface area contributed by atoms with Crippen LogP contribution in [0, 0.1) is 12.8 Å². The van der Waals surface area contributed by atoms with Crippen LogP contribution in [0.3, 0.4) is 0 Å². The summed E-state index contributed by atoms with van der Waals surface area (Å²) in [6.07, 6.45) is 5.16. The van der Waals surface area contributed by atoms with Crippen LogP contribution in [0.2, 0.25) is 0 Å². The third-order valence-electron chi connectivity index (χ3n) is 3.38. The number of nitrogens with zero attached hydrogens (tertiary/aromatic N) is 1. The van der Waals surface area contributed by atoms with Crippen LogP contribution in [0.5, 0.6) is 0 Å². The molecule has 3 nitrogen and oxygen atoms in total. The van der Waals surface area contributed by atoms with Crippen LogP contribution in [-0.4, -0.2) is 18.2 Å². The zero-order valence-corrected chi connectivity index (χ0v) is 9.86. The van der Waals surface area contributed by atoms with E-state index >= 15 is 0 Å². The zero-order valence-electron chi connectivity index (χ0n) is 9.86. The van der Waals surface area contributed by atoms with Crippen molar-refractivity contribution in [1.82, 2.24) is 4.98 Å². The number of rotatable bonds is 3. The Morgan fingerprint density at radius 1 is 1.50 bits per heavy atom. The van der Waals surface area contributed by atoms with Crippen molar-refractivity contribution in [3.63, 3.8) is 0 Å². The molecule has 0 radical (unpaired) electrons. The maximum absolute atomic E-state index is 6.25. The Labute approximate surface area is 97.0 Å². The molecule has 1 aliphatic rings. The molecule has 1 fully saturated rings. The lowest BCUT2D eigenvalue weighted by Crippen LogP contribution is -2.22. The van der Waals surface area contributed by atoms with E-state index in [-0.39, 0.29) is 6.04 Å². The normalized spacial score (nSPS) is 19.6. The van der Waals surface area contributed by atoms with Gasteiger partial charge in [0.25, 0.3) is 0 Å². The third-order valence-corrected chi connectivity index (χ3v) is 3.38. The quantitative estimate of drug-likeness (QED) is 0.849. The van der Waals surface area contributed by atoms with Crippen LogP contribution in [0.4, 0.5) is 0 Å². The van der Waals surface area contributed by atoms with E-state index in [4.69, 9.17) is 10.5 Å². The van der Waals surface area contributed by atoms with Gasteiger partial charge in [-0.3, -0.25) is 4.98 Å². The first kappa shape index (κ1) is 11.6. The second-order valence-corrected chi connectivity index (χ2v) is 4.58. The molecule has 0 bridgehead atoms. The molecule has 1 saturated heterocycles. The maximum atomic E-state index is 6.25. The molecule has 88 valence electrons. The Morgan fingerprint density at radius 2 is 2.25 bits per heavy atom. The van der Waals surface area contributed by atoms with Gasteiger partial charge in [-0.25, -0.2) is 0 Å². The first-order chi connectivity index (χ1) is 7.77. The molecule has 3 heteroatoms. The van der Waals surface area contributed by atoms with E-state index in [2.05, 4.69) is 11.1 Å². The van der Waals surface area contributed by atoms with E-state index in [1.165, 1.54) is 5.56 Å². The van der Waals surface area contributed by atoms with Crippen molar-refractivity contribution in [2.24, 2.45) is 11.7 Å². The summed E-state index contributed by atoms with van der Waals surface area (Å²) in [5.41, 5.74) is 8.49. The van der Waals surface area contributed by atoms with E-state index in [0.717, 1.165) is 38.2 Å². The molecule has 0 spiro atoms. The topological polar surface area (TPSA) is 48.1 Å². The molecular formula is C13H20N2O. The highest BCUT2D eigenvalue weighted by atomic mass is 16.5. The monoisotopic (exact) mass is 220 g/mol. The average molecular weight is 220 g/mol. The molecule has 2 N–H and O–H groups in total. The first-order valence-electron chi connectivity index (χ1n) is 6.02. The molecule has 16 heavy (non-hydrogen) atoms. The van der Waals surface area contributed by atoms with Gasteiger partial charge < -0.3 is 10.5 Å². The van der Waals surface area contributed by atoms with Crippen LogP contribution < -0.4 is 5.73 Å². The first-order valence-corrected chi connectivity index (χ1v) is 6.02. The smallest absolute Gasteiger partial charge is 0.0468 e. The minimum Gasteiger partial charge on any atom is -0.381 e. The minimum atomic E-state index is 0.122. The summed E-state index contributed by atoms with van der Waals surface area (Å²) in [6, 6.07) is 4.18. The molecule has 1 aromatic heterocycles. The van der Waals surface area contributed by atoms with Crippen molar-refractivity contribution >= 4 is 0 Å². The predicted octanol–water partition coefficient (Wildman–Crippen LogP) is 2.21. The number of aromatic nitrogens is 1. The van der Waals surface area contributed by atoms with Crippen LogP contribution >= 0.6 is 0 Å². The van der Waals surface area contributed by atoms with Crippen LogP contribution in [0.25, 0.3) is 0 Å². The third kappa shape index (κ3) is 2.80. The van der Waals surface area contributed by atoms with Gasteiger partial charge in [0.2, 0.25) is 0 Å². The molecule has 2 rings (SSSR count). The second kappa shape index (κ2) is 5.41. The molecule has 1 aliphatic heterocycles. The van der Waals surface area contributed by atoms with E-state index in [1.807, 2.05) is 19.2 Å². The number of pyridine rings is 1. The Balaban J connectivity index is 1.96. The fourth-order valence-electron chi connectivity index (χ4n) is 2.36. The van der Waals surface area contributed by atoms with Crippen molar-refractivity contribution in [1.29, 1.82) is 0 Å². The number of ether oxygens (including phenoxy) is 1. The van der Waals surface area contributed by atoms with Gasteiger partial charge in [0.15, 0.2) is 0 Å². The summed E-state index contributed by atoms with van der Waals surface area (Å²) in [7, 11) is 0. The van der Waals surface area contributed by atoms with Crippen molar-refractivity contribution in [3.8, 4) is 0 Å². The Kier molecular flexibility index (Phi) is 3.91. The predicted molar refractivity (Wildman–Crippen MR) is 64.1 cm³/mol. The van der Waals surface area contributed by atoms with Gasteiger partial charge in [0, 0.05) is 31.1 Å². The highest BCUT2D eigenvalue weighted by Gasteiger charge is 2.19. The SMILES string of the molecule is Cc1ncccc1C(N)CC1CCOCC1. The Bertz CT molecular complexity index is 334. The van der Waals surface area contributed by atoms with Gasteiger partial charge >= 0.3 is 0 Å². The summed E-state index contributed by atoms with van der Waals surface area (Å²) in [5.74, 6) is 0.711. The van der Waals surface area contributed by atoms with Gasteiger partial charge in [-0.15, -0.1) is 0 Å². The maximum Gasteiger partial charge on any atom is 0.0468 e. The summed E-state index contributed by atoms with van der Waals surface area (Å²) in [5, 5.41) is 0. The van der Waals surface area contributed by atoms with E-state index in [1.54, 1.807) is 0 Å². The number of nitrogens with two attached hydrogens (primary N) is 1. The Morgan fingerprint density at radius 3 is 2.94 bits per heavy atom. The molecule has 0 amide bonds. The van der Waals surface area contributed by atoms with E-state index in [0.29, 0.717) is 5.92 Å². The van der Waals surface area contributed by atoms with E-state index < -0.39 is 0 Å². The van der Waals surface area contributed by atoms with Crippen molar-refractivity contribution in [2.45, 2.75) is 32.2 Å². The number of aryl methyl sites for hydroxylation is 1. The minimum absolute atomic E-state index is 0.122. The summed E-state index contributed by atoms with van der Waals surface area (Å²) < 4.78 is 5.36. The average Bonchev–Trinajstić information content (AvgIpc) is 2.31. The van der Waals surface area contributed by atoms with Crippen LogP contribution in [-0.2, 0) is 4.74 Å². The lowest BCUT2D eigenvalue weighted by Gasteiger charge is -2.25. The van der Waals surface area contributed by atoms with Gasteiger partial charge in [0.1, 0.15) is 0 Å². The summed E-state index contributed by atoms with van der Waals surface area (Å²) in [4.78, 5) is 4.29. The molecule has 0 aromatic carbocycles. The highest BCUT2D eigenvalue weighted by Crippen LogP contribution is 2.26. The standard InChI is InChI=1S/C13H20N2O/c1-10-12(3-2-6-15-10)13(14)9-11-4-7-16-8-5-11/h2-3,6,11,13H,4-5,7-9,14H2,1H3. The molecule has 1 atom stereocenters.